The monoisotopic (exact) mass is 408 g/mol. The fourth-order valence-electron chi connectivity index (χ4n) is 4.11. The van der Waals surface area contributed by atoms with Gasteiger partial charge in [-0.25, -0.2) is 9.97 Å². The average molecular weight is 409 g/mol. The number of benzene rings is 1. The van der Waals surface area contributed by atoms with Gasteiger partial charge in [-0.3, -0.25) is 9.59 Å². The Kier molecular flexibility index (Phi) is 5.83. The van der Waals surface area contributed by atoms with Gasteiger partial charge in [0.05, 0.1) is 5.92 Å². The van der Waals surface area contributed by atoms with Gasteiger partial charge < -0.3 is 20.0 Å². The Hall–Kier alpha value is -3.16. The van der Waals surface area contributed by atoms with Gasteiger partial charge >= 0.3 is 0 Å². The molecule has 30 heavy (non-hydrogen) atoms. The van der Waals surface area contributed by atoms with Crippen LogP contribution >= 0.6 is 0 Å². The van der Waals surface area contributed by atoms with Crippen molar-refractivity contribution in [3.05, 3.63) is 42.7 Å². The van der Waals surface area contributed by atoms with E-state index < -0.39 is 0 Å². The summed E-state index contributed by atoms with van der Waals surface area (Å²) < 4.78 is 0. The molecule has 2 aromatic rings. The number of amides is 2. The molecule has 1 atom stereocenters. The van der Waals surface area contributed by atoms with Gasteiger partial charge in [-0.2, -0.15) is 0 Å². The zero-order valence-corrected chi connectivity index (χ0v) is 17.5. The summed E-state index contributed by atoms with van der Waals surface area (Å²) in [6.07, 6.45) is 3.57. The molecule has 0 bridgehead atoms. The molecule has 0 aliphatic carbocycles. The summed E-state index contributed by atoms with van der Waals surface area (Å²) in [7, 11) is 3.89. The number of likely N-dealkylation sites (tertiary alicyclic amines) is 1. The second kappa shape index (κ2) is 8.69. The lowest BCUT2D eigenvalue weighted by Crippen LogP contribution is -2.45. The number of anilines is 3. The van der Waals surface area contributed by atoms with Crippen molar-refractivity contribution in [1.29, 1.82) is 0 Å². The molecule has 3 heterocycles. The third-order valence-electron chi connectivity index (χ3n) is 5.81. The van der Waals surface area contributed by atoms with Crippen molar-refractivity contribution >= 4 is 29.1 Å². The summed E-state index contributed by atoms with van der Waals surface area (Å²) in [4.78, 5) is 39.6. The molecule has 1 unspecified atom stereocenters. The fourth-order valence-corrected chi connectivity index (χ4v) is 4.11. The lowest BCUT2D eigenvalue weighted by atomic mass is 10.0. The number of hydrogen-bond donors (Lipinski definition) is 1. The number of hydrogen-bond acceptors (Lipinski definition) is 6. The Balaban J connectivity index is 1.30. The minimum absolute atomic E-state index is 0.0246. The maximum Gasteiger partial charge on any atom is 0.228 e. The van der Waals surface area contributed by atoms with Crippen LogP contribution in [0.3, 0.4) is 0 Å². The van der Waals surface area contributed by atoms with Crippen molar-refractivity contribution in [2.75, 3.05) is 48.8 Å². The lowest BCUT2D eigenvalue weighted by molar-refractivity contribution is -0.136. The Morgan fingerprint density at radius 1 is 1.13 bits per heavy atom. The molecule has 1 aromatic heterocycles. The Labute approximate surface area is 176 Å². The van der Waals surface area contributed by atoms with E-state index in [9.17, 15) is 9.59 Å². The van der Waals surface area contributed by atoms with E-state index >= 15 is 0 Å². The molecule has 0 spiro atoms. The minimum atomic E-state index is -0.258. The van der Waals surface area contributed by atoms with Gasteiger partial charge in [-0.15, -0.1) is 0 Å². The molecular weight excluding hydrogens is 380 g/mol. The van der Waals surface area contributed by atoms with Gasteiger partial charge in [0, 0.05) is 57.9 Å². The number of piperidine rings is 1. The van der Waals surface area contributed by atoms with Crippen LogP contribution in [-0.4, -0.2) is 66.5 Å². The maximum absolute atomic E-state index is 13.0. The highest BCUT2D eigenvalue weighted by Crippen LogP contribution is 2.27. The van der Waals surface area contributed by atoms with Crippen LogP contribution < -0.4 is 15.1 Å². The van der Waals surface area contributed by atoms with E-state index in [2.05, 4.69) is 15.3 Å². The number of aromatic nitrogens is 2. The third kappa shape index (κ3) is 4.37. The molecule has 2 amide bonds. The molecule has 2 saturated heterocycles. The molecule has 2 fully saturated rings. The van der Waals surface area contributed by atoms with E-state index in [1.165, 1.54) is 0 Å². The summed E-state index contributed by atoms with van der Waals surface area (Å²) in [5, 5.41) is 3.46. The highest BCUT2D eigenvalue weighted by molar-refractivity contribution is 6.00. The number of carbonyl (C=O) groups is 2. The van der Waals surface area contributed by atoms with Crippen LogP contribution in [0.2, 0.25) is 0 Å². The fraction of sp³-hybridized carbons (Fsp3) is 0.455. The predicted molar refractivity (Wildman–Crippen MR) is 116 cm³/mol. The maximum atomic E-state index is 13.0. The van der Waals surface area contributed by atoms with Gasteiger partial charge in [0.15, 0.2) is 0 Å². The van der Waals surface area contributed by atoms with Crippen LogP contribution in [0.1, 0.15) is 19.3 Å². The second-order valence-corrected chi connectivity index (χ2v) is 8.14. The van der Waals surface area contributed by atoms with Crippen molar-refractivity contribution < 1.29 is 9.59 Å². The first-order valence-corrected chi connectivity index (χ1v) is 10.4. The van der Waals surface area contributed by atoms with Gasteiger partial charge in [-0.1, -0.05) is 18.2 Å². The quantitative estimate of drug-likeness (QED) is 0.815. The number of para-hydroxylation sites is 1. The summed E-state index contributed by atoms with van der Waals surface area (Å²) in [6, 6.07) is 11.8. The van der Waals surface area contributed by atoms with E-state index in [1.54, 1.807) is 11.2 Å². The number of carbonyl (C=O) groups excluding carboxylic acids is 2. The highest BCUT2D eigenvalue weighted by Gasteiger charge is 2.38. The first-order valence-electron chi connectivity index (χ1n) is 10.4. The molecule has 2 aliphatic rings. The highest BCUT2D eigenvalue weighted by atomic mass is 16.2. The molecule has 8 heteroatoms. The van der Waals surface area contributed by atoms with E-state index in [0.717, 1.165) is 30.2 Å². The molecule has 0 radical (unpaired) electrons. The Bertz CT molecular complexity index is 896. The number of rotatable bonds is 5. The summed E-state index contributed by atoms with van der Waals surface area (Å²) >= 11 is 0. The second-order valence-electron chi connectivity index (χ2n) is 8.14. The van der Waals surface area contributed by atoms with Crippen LogP contribution in [0.25, 0.3) is 0 Å². The molecule has 8 nitrogen and oxygen atoms in total. The van der Waals surface area contributed by atoms with Crippen molar-refractivity contribution in [3.63, 3.8) is 0 Å². The molecule has 2 aliphatic heterocycles. The standard InChI is InChI=1S/C22H28N6O2/c1-26(2)20-13-19(23-15-24-20)25-17-8-10-27(11-9-17)22(30)16-12-21(29)28(14-16)18-6-4-3-5-7-18/h3-7,13,15-17H,8-12,14H2,1-2H3,(H,23,24,25). The van der Waals surface area contributed by atoms with Gasteiger partial charge in [0.2, 0.25) is 11.8 Å². The van der Waals surface area contributed by atoms with Gasteiger partial charge in [-0.05, 0) is 25.0 Å². The van der Waals surface area contributed by atoms with Gasteiger partial charge in [0.25, 0.3) is 0 Å². The Morgan fingerprint density at radius 3 is 2.57 bits per heavy atom. The van der Waals surface area contributed by atoms with Crippen LogP contribution in [0.15, 0.2) is 42.7 Å². The molecule has 158 valence electrons. The van der Waals surface area contributed by atoms with E-state index in [-0.39, 0.29) is 23.8 Å². The molecule has 0 saturated carbocycles. The molecule has 1 N–H and O–H groups in total. The first kappa shape index (κ1) is 20.1. The lowest BCUT2D eigenvalue weighted by Gasteiger charge is -2.34. The van der Waals surface area contributed by atoms with Crippen molar-refractivity contribution in [3.8, 4) is 0 Å². The molecule has 4 rings (SSSR count). The smallest absolute Gasteiger partial charge is 0.228 e. The number of nitrogens with zero attached hydrogens (tertiary/aromatic N) is 5. The largest absolute Gasteiger partial charge is 0.367 e. The van der Waals surface area contributed by atoms with Crippen LogP contribution in [-0.2, 0) is 9.59 Å². The van der Waals surface area contributed by atoms with Crippen LogP contribution in [0, 0.1) is 5.92 Å². The van der Waals surface area contributed by atoms with Crippen LogP contribution in [0.4, 0.5) is 17.3 Å². The molecular formula is C22H28N6O2. The minimum Gasteiger partial charge on any atom is -0.367 e. The third-order valence-corrected chi connectivity index (χ3v) is 5.81. The summed E-state index contributed by atoms with van der Waals surface area (Å²) in [5.41, 5.74) is 0.864. The topological polar surface area (TPSA) is 81.7 Å². The van der Waals surface area contributed by atoms with Gasteiger partial charge in [0.1, 0.15) is 18.0 Å². The SMILES string of the molecule is CN(C)c1cc(NC2CCN(C(=O)C3CC(=O)N(c4ccccc4)C3)CC2)ncn1. The Morgan fingerprint density at radius 2 is 1.87 bits per heavy atom. The van der Waals surface area contributed by atoms with Crippen LogP contribution in [0.5, 0.6) is 0 Å². The van der Waals surface area contributed by atoms with Crippen molar-refractivity contribution in [2.24, 2.45) is 5.92 Å². The summed E-state index contributed by atoms with van der Waals surface area (Å²) in [5.74, 6) is 1.52. The molecule has 1 aromatic carbocycles. The summed E-state index contributed by atoms with van der Waals surface area (Å²) in [6.45, 7) is 1.85. The predicted octanol–water partition coefficient (Wildman–Crippen LogP) is 2.00. The first-order chi connectivity index (χ1) is 14.5. The normalized spacial score (nSPS) is 19.8. The van der Waals surface area contributed by atoms with E-state index in [0.29, 0.717) is 26.1 Å². The van der Waals surface area contributed by atoms with Crippen molar-refractivity contribution in [2.45, 2.75) is 25.3 Å². The average Bonchev–Trinajstić information content (AvgIpc) is 3.16. The van der Waals surface area contributed by atoms with Crippen molar-refractivity contribution in [1.82, 2.24) is 14.9 Å². The van der Waals surface area contributed by atoms with E-state index in [1.807, 2.05) is 60.3 Å². The zero-order chi connectivity index (χ0) is 21.1. The number of nitrogens with one attached hydrogen (secondary N) is 1. The van der Waals surface area contributed by atoms with E-state index in [4.69, 9.17) is 0 Å². The zero-order valence-electron chi connectivity index (χ0n) is 17.5.